The minimum absolute atomic E-state index is 0.0743. The molecule has 0 spiro atoms. The Morgan fingerprint density at radius 3 is 2.55 bits per heavy atom. The number of halogens is 2. The molecule has 0 saturated heterocycles. The summed E-state index contributed by atoms with van der Waals surface area (Å²) >= 11 is 0. The standard InChI is InChI=1S/C21H18F2N4O2/c22-15-5-1-4-14(10-15)13-26-8-3-9-27-19(21(26)29)12-18(25-27)20(28)24-17-7-2-6-16(23)11-17/h1-2,4-7,10-12H,3,8-9,13H2,(H,24,28). The lowest BCUT2D eigenvalue weighted by Crippen LogP contribution is -2.30. The molecule has 3 aromatic rings. The maximum Gasteiger partial charge on any atom is 0.276 e. The Morgan fingerprint density at radius 1 is 1.03 bits per heavy atom. The van der Waals surface area contributed by atoms with Crippen LogP contribution in [0.1, 0.15) is 33.0 Å². The Labute approximate surface area is 165 Å². The molecule has 1 aromatic heterocycles. The third-order valence-corrected chi connectivity index (χ3v) is 4.66. The Bertz CT molecular complexity index is 1080. The van der Waals surface area contributed by atoms with E-state index in [4.69, 9.17) is 0 Å². The van der Waals surface area contributed by atoms with Crippen molar-refractivity contribution in [2.24, 2.45) is 0 Å². The Kier molecular flexibility index (Phi) is 5.07. The van der Waals surface area contributed by atoms with E-state index in [9.17, 15) is 18.4 Å². The molecule has 1 aliphatic rings. The van der Waals surface area contributed by atoms with Gasteiger partial charge >= 0.3 is 0 Å². The topological polar surface area (TPSA) is 67.2 Å². The molecule has 0 atom stereocenters. The van der Waals surface area contributed by atoms with Crippen molar-refractivity contribution in [3.8, 4) is 0 Å². The zero-order valence-corrected chi connectivity index (χ0v) is 15.4. The first-order valence-corrected chi connectivity index (χ1v) is 9.18. The molecule has 2 aromatic carbocycles. The van der Waals surface area contributed by atoms with Gasteiger partial charge in [-0.25, -0.2) is 8.78 Å². The van der Waals surface area contributed by atoms with Gasteiger partial charge in [0.25, 0.3) is 11.8 Å². The number of aromatic nitrogens is 2. The summed E-state index contributed by atoms with van der Waals surface area (Å²) < 4.78 is 28.3. The third-order valence-electron chi connectivity index (χ3n) is 4.66. The lowest BCUT2D eigenvalue weighted by atomic mass is 10.2. The number of benzene rings is 2. The van der Waals surface area contributed by atoms with Crippen LogP contribution in [0.2, 0.25) is 0 Å². The molecule has 0 unspecified atom stereocenters. The molecular weight excluding hydrogens is 378 g/mol. The molecule has 6 nitrogen and oxygen atoms in total. The van der Waals surface area contributed by atoms with E-state index in [2.05, 4.69) is 10.4 Å². The van der Waals surface area contributed by atoms with Gasteiger partial charge in [-0.2, -0.15) is 5.10 Å². The third kappa shape index (κ3) is 4.16. The van der Waals surface area contributed by atoms with Gasteiger partial charge in [0.2, 0.25) is 0 Å². The summed E-state index contributed by atoms with van der Waals surface area (Å²) in [4.78, 5) is 27.0. The van der Waals surface area contributed by atoms with Gasteiger partial charge in [-0.1, -0.05) is 18.2 Å². The highest BCUT2D eigenvalue weighted by Crippen LogP contribution is 2.18. The quantitative estimate of drug-likeness (QED) is 0.735. The molecule has 1 aliphatic heterocycles. The number of aryl methyl sites for hydroxylation is 1. The number of amides is 2. The van der Waals surface area contributed by atoms with E-state index in [0.717, 1.165) is 0 Å². The van der Waals surface area contributed by atoms with Crippen molar-refractivity contribution in [2.45, 2.75) is 19.5 Å². The van der Waals surface area contributed by atoms with Gasteiger partial charge in [0.05, 0.1) is 0 Å². The van der Waals surface area contributed by atoms with Crippen LogP contribution in [0.4, 0.5) is 14.5 Å². The molecule has 2 amide bonds. The van der Waals surface area contributed by atoms with E-state index in [1.165, 1.54) is 41.1 Å². The SMILES string of the molecule is O=C(Nc1cccc(F)c1)c1cc2n(n1)CCCN(Cc1cccc(F)c1)C2=O. The molecule has 0 saturated carbocycles. The van der Waals surface area contributed by atoms with Gasteiger partial charge in [-0.15, -0.1) is 0 Å². The summed E-state index contributed by atoms with van der Waals surface area (Å²) in [5.74, 6) is -1.62. The highest BCUT2D eigenvalue weighted by molar-refractivity contribution is 6.04. The molecule has 1 N–H and O–H groups in total. The van der Waals surface area contributed by atoms with Gasteiger partial charge in [-0.05, 0) is 42.3 Å². The molecular formula is C21H18F2N4O2. The van der Waals surface area contributed by atoms with Gasteiger partial charge < -0.3 is 10.2 Å². The molecule has 0 bridgehead atoms. The summed E-state index contributed by atoms with van der Waals surface area (Å²) in [6, 6.07) is 13.1. The molecule has 0 fully saturated rings. The number of carbonyl (C=O) groups is 2. The molecule has 29 heavy (non-hydrogen) atoms. The number of fused-ring (bicyclic) bond motifs is 1. The van der Waals surface area contributed by atoms with Gasteiger partial charge in [0.1, 0.15) is 17.3 Å². The van der Waals surface area contributed by atoms with Gasteiger partial charge in [0.15, 0.2) is 5.69 Å². The van der Waals surface area contributed by atoms with Crippen LogP contribution in [0.3, 0.4) is 0 Å². The van der Waals surface area contributed by atoms with E-state index in [1.54, 1.807) is 23.1 Å². The zero-order valence-electron chi connectivity index (χ0n) is 15.4. The van der Waals surface area contributed by atoms with Crippen molar-refractivity contribution >= 4 is 17.5 Å². The van der Waals surface area contributed by atoms with Crippen LogP contribution in [0.25, 0.3) is 0 Å². The average molecular weight is 396 g/mol. The second-order valence-corrected chi connectivity index (χ2v) is 6.81. The van der Waals surface area contributed by atoms with Crippen molar-refractivity contribution in [1.82, 2.24) is 14.7 Å². The maximum absolute atomic E-state index is 13.4. The van der Waals surface area contributed by atoms with Crippen LogP contribution in [-0.2, 0) is 13.1 Å². The van der Waals surface area contributed by atoms with Crippen molar-refractivity contribution in [1.29, 1.82) is 0 Å². The van der Waals surface area contributed by atoms with E-state index in [0.29, 0.717) is 36.5 Å². The summed E-state index contributed by atoms with van der Waals surface area (Å²) in [6.45, 7) is 1.25. The average Bonchev–Trinajstić information content (AvgIpc) is 3.05. The van der Waals surface area contributed by atoms with E-state index in [-0.39, 0.29) is 24.0 Å². The summed E-state index contributed by atoms with van der Waals surface area (Å²) in [5.41, 5.74) is 1.36. The van der Waals surface area contributed by atoms with E-state index >= 15 is 0 Å². The molecule has 148 valence electrons. The van der Waals surface area contributed by atoms with Crippen LogP contribution in [0, 0.1) is 11.6 Å². The molecule has 0 radical (unpaired) electrons. The van der Waals surface area contributed by atoms with Crippen LogP contribution in [-0.4, -0.2) is 33.0 Å². The molecule has 8 heteroatoms. The predicted molar refractivity (Wildman–Crippen MR) is 102 cm³/mol. The number of nitrogens with one attached hydrogen (secondary N) is 1. The second kappa shape index (κ2) is 7.83. The summed E-state index contributed by atoms with van der Waals surface area (Å²) in [5, 5.41) is 6.81. The lowest BCUT2D eigenvalue weighted by Gasteiger charge is -2.20. The maximum atomic E-state index is 13.4. The van der Waals surface area contributed by atoms with Crippen LogP contribution in [0.5, 0.6) is 0 Å². The predicted octanol–water partition coefficient (Wildman–Crippen LogP) is 3.46. The van der Waals surface area contributed by atoms with Crippen LogP contribution >= 0.6 is 0 Å². The highest BCUT2D eigenvalue weighted by atomic mass is 19.1. The molecule has 4 rings (SSSR count). The zero-order chi connectivity index (χ0) is 20.4. The monoisotopic (exact) mass is 396 g/mol. The van der Waals surface area contributed by atoms with Crippen molar-refractivity contribution in [2.75, 3.05) is 11.9 Å². The van der Waals surface area contributed by atoms with E-state index in [1.807, 2.05) is 0 Å². The largest absolute Gasteiger partial charge is 0.333 e. The van der Waals surface area contributed by atoms with Crippen molar-refractivity contribution < 1.29 is 18.4 Å². The summed E-state index contributed by atoms with van der Waals surface area (Å²) in [6.07, 6.45) is 0.653. The highest BCUT2D eigenvalue weighted by Gasteiger charge is 2.26. The minimum Gasteiger partial charge on any atom is -0.333 e. The second-order valence-electron chi connectivity index (χ2n) is 6.81. The molecule has 0 aliphatic carbocycles. The normalized spacial score (nSPS) is 13.7. The van der Waals surface area contributed by atoms with E-state index < -0.39 is 11.7 Å². The van der Waals surface area contributed by atoms with Crippen LogP contribution < -0.4 is 5.32 Å². The fraction of sp³-hybridized carbons (Fsp3) is 0.190. The number of anilines is 1. The first kappa shape index (κ1) is 18.8. The van der Waals surface area contributed by atoms with Crippen molar-refractivity contribution in [3.05, 3.63) is 83.2 Å². The Balaban J connectivity index is 1.53. The molecule has 2 heterocycles. The van der Waals surface area contributed by atoms with Crippen LogP contribution in [0.15, 0.2) is 54.6 Å². The number of hydrogen-bond acceptors (Lipinski definition) is 3. The van der Waals surface area contributed by atoms with Crippen molar-refractivity contribution in [3.63, 3.8) is 0 Å². The smallest absolute Gasteiger partial charge is 0.276 e. The number of rotatable bonds is 4. The number of carbonyl (C=O) groups excluding carboxylic acids is 2. The minimum atomic E-state index is -0.527. The first-order valence-electron chi connectivity index (χ1n) is 9.18. The Hall–Kier alpha value is -3.55. The van der Waals surface area contributed by atoms with Gasteiger partial charge in [-0.3, -0.25) is 14.3 Å². The fourth-order valence-electron chi connectivity index (χ4n) is 3.31. The van der Waals surface area contributed by atoms with Gasteiger partial charge in [0, 0.05) is 31.4 Å². The Morgan fingerprint density at radius 2 is 1.79 bits per heavy atom. The fourth-order valence-corrected chi connectivity index (χ4v) is 3.31. The summed E-state index contributed by atoms with van der Waals surface area (Å²) in [7, 11) is 0. The number of hydrogen-bond donors (Lipinski definition) is 1. The first-order chi connectivity index (χ1) is 14.0. The number of nitrogens with zero attached hydrogens (tertiary/aromatic N) is 3. The lowest BCUT2D eigenvalue weighted by molar-refractivity contribution is 0.0745.